The first-order valence-electron chi connectivity index (χ1n) is 6.70. The van der Waals surface area contributed by atoms with Gasteiger partial charge in [-0.2, -0.15) is 0 Å². The van der Waals surface area contributed by atoms with Gasteiger partial charge < -0.3 is 4.74 Å². The summed E-state index contributed by atoms with van der Waals surface area (Å²) in [5.41, 5.74) is -1.97. The topological polar surface area (TPSA) is 9.23 Å². The van der Waals surface area contributed by atoms with E-state index in [1.54, 1.807) is 6.92 Å². The summed E-state index contributed by atoms with van der Waals surface area (Å²) in [6.07, 6.45) is 0.214. The van der Waals surface area contributed by atoms with E-state index in [-0.39, 0.29) is 0 Å². The summed E-state index contributed by atoms with van der Waals surface area (Å²) >= 11 is 0. The van der Waals surface area contributed by atoms with Crippen LogP contribution in [0, 0.1) is 5.92 Å². The monoisotopic (exact) mass is 159 g/mol. The first-order valence-corrected chi connectivity index (χ1v) is 4.20. The summed E-state index contributed by atoms with van der Waals surface area (Å²) in [5, 5.41) is 0. The minimum atomic E-state index is -2.27. The van der Waals surface area contributed by atoms with Crippen molar-refractivity contribution < 1.29 is 11.6 Å². The molecule has 0 spiro atoms. The van der Waals surface area contributed by atoms with Crippen LogP contribution in [0.2, 0.25) is 0 Å². The molecule has 3 atom stereocenters. The van der Waals surface area contributed by atoms with E-state index >= 15 is 0 Å². The molecular formula is C10H18O. The maximum absolute atomic E-state index is 8.01. The molecule has 1 heteroatoms. The molecule has 0 aromatic rings. The Bertz CT molecular complexity index is 310. The first-order chi connectivity index (χ1) is 7.00. The zero-order valence-electron chi connectivity index (χ0n) is 12.1. The van der Waals surface area contributed by atoms with Crippen LogP contribution < -0.4 is 0 Å². The smallest absolute Gasteiger partial charge is 0.0662 e. The fourth-order valence-corrected chi connectivity index (χ4v) is 2.12. The molecular weight excluding hydrogens is 136 g/mol. The van der Waals surface area contributed by atoms with Gasteiger partial charge in [-0.1, -0.05) is 0 Å². The van der Waals surface area contributed by atoms with Gasteiger partial charge in [0.05, 0.1) is 11.2 Å². The predicted octanol–water partition coefficient (Wildman–Crippen LogP) is 2.74. The van der Waals surface area contributed by atoms with Gasteiger partial charge in [0.15, 0.2) is 0 Å². The number of fused-ring (bicyclic) bond motifs is 3. The summed E-state index contributed by atoms with van der Waals surface area (Å²) in [6.45, 7) is 1.09. The van der Waals surface area contributed by atoms with Gasteiger partial charge in [0.1, 0.15) is 0 Å². The van der Waals surface area contributed by atoms with Crippen LogP contribution in [0.4, 0.5) is 0 Å². The van der Waals surface area contributed by atoms with E-state index in [1.807, 2.05) is 6.92 Å². The second-order valence-electron chi connectivity index (χ2n) is 4.13. The van der Waals surface area contributed by atoms with Crippen LogP contribution >= 0.6 is 0 Å². The fraction of sp³-hybridized carbons (Fsp3) is 1.00. The van der Waals surface area contributed by atoms with Crippen LogP contribution in [0.25, 0.3) is 0 Å². The highest BCUT2D eigenvalue weighted by Crippen LogP contribution is 2.49. The Labute approximate surface area is 76.2 Å². The summed E-state index contributed by atoms with van der Waals surface area (Å²) in [4.78, 5) is 0. The Hall–Kier alpha value is -0.0400. The van der Waals surface area contributed by atoms with Crippen molar-refractivity contribution in [3.63, 3.8) is 0 Å². The van der Waals surface area contributed by atoms with Gasteiger partial charge in [-0.25, -0.2) is 0 Å². The third kappa shape index (κ3) is 1.10. The van der Waals surface area contributed by atoms with Gasteiger partial charge in [-0.05, 0) is 52.3 Å². The molecule has 1 nitrogen and oxygen atoms in total. The molecule has 2 saturated heterocycles. The SMILES string of the molecule is [2H]C1([2H])CC2(C)CCC1C(C)(C([2H])([2H])[2H])O2. The molecule has 64 valence electrons. The highest BCUT2D eigenvalue weighted by Gasteiger charge is 2.47. The maximum Gasteiger partial charge on any atom is 0.0662 e. The molecule has 2 bridgehead atoms. The van der Waals surface area contributed by atoms with Crippen LogP contribution in [0.3, 0.4) is 0 Å². The molecule has 2 aliphatic heterocycles. The van der Waals surface area contributed by atoms with Crippen molar-refractivity contribution in [2.24, 2.45) is 5.92 Å². The molecule has 2 heterocycles. The Balaban J connectivity index is 2.44. The Morgan fingerprint density at radius 1 is 1.55 bits per heavy atom. The standard InChI is InChI=1S/C10H18O/c1-9(2)8-4-6-10(3,11-9)7-5-8/h8H,4-7H2,1-3H3/i1D3,4D2. The second kappa shape index (κ2) is 2.01. The molecule has 0 amide bonds. The molecule has 1 aliphatic carbocycles. The zero-order valence-corrected chi connectivity index (χ0v) is 7.11. The Morgan fingerprint density at radius 2 is 2.36 bits per heavy atom. The largest absolute Gasteiger partial charge is 0.369 e. The second-order valence-corrected chi connectivity index (χ2v) is 4.13. The van der Waals surface area contributed by atoms with E-state index in [4.69, 9.17) is 11.6 Å². The van der Waals surface area contributed by atoms with Crippen LogP contribution in [0.1, 0.15) is 53.2 Å². The molecule has 3 rings (SSSR count). The van der Waals surface area contributed by atoms with E-state index < -0.39 is 30.3 Å². The van der Waals surface area contributed by atoms with Crippen molar-refractivity contribution in [2.45, 2.75) is 57.5 Å². The van der Waals surface area contributed by atoms with E-state index in [0.29, 0.717) is 12.8 Å². The molecule has 3 fully saturated rings. The Morgan fingerprint density at radius 3 is 2.91 bits per heavy atom. The lowest BCUT2D eigenvalue weighted by Crippen LogP contribution is -2.53. The predicted molar refractivity (Wildman–Crippen MR) is 45.5 cm³/mol. The molecule has 3 unspecified atom stereocenters. The third-order valence-electron chi connectivity index (χ3n) is 2.81. The number of ether oxygens (including phenoxy) is 1. The maximum atomic E-state index is 8.01. The summed E-state index contributed by atoms with van der Waals surface area (Å²) in [6, 6.07) is 0. The molecule has 0 aromatic carbocycles. The quantitative estimate of drug-likeness (QED) is 0.528. The molecule has 11 heavy (non-hydrogen) atoms. The van der Waals surface area contributed by atoms with Gasteiger partial charge in [0.2, 0.25) is 0 Å². The van der Waals surface area contributed by atoms with E-state index in [9.17, 15) is 0 Å². The van der Waals surface area contributed by atoms with E-state index in [1.165, 1.54) is 0 Å². The van der Waals surface area contributed by atoms with Crippen molar-refractivity contribution >= 4 is 0 Å². The lowest BCUT2D eigenvalue weighted by Gasteiger charge is -2.54. The van der Waals surface area contributed by atoms with Crippen molar-refractivity contribution in [1.29, 1.82) is 0 Å². The average Bonchev–Trinajstić information content (AvgIpc) is 1.96. The van der Waals surface area contributed by atoms with Gasteiger partial charge in [0.25, 0.3) is 0 Å². The molecule has 0 aromatic heterocycles. The highest BCUT2D eigenvalue weighted by molar-refractivity contribution is 4.97. The highest BCUT2D eigenvalue weighted by atomic mass is 16.5. The lowest BCUT2D eigenvalue weighted by molar-refractivity contribution is -0.229. The van der Waals surface area contributed by atoms with E-state index in [2.05, 4.69) is 0 Å². The Kier molecular flexibility index (Phi) is 0.690. The number of rotatable bonds is 0. The van der Waals surface area contributed by atoms with Crippen LogP contribution in [0.15, 0.2) is 0 Å². The number of hydrogen-bond acceptors (Lipinski definition) is 1. The van der Waals surface area contributed by atoms with Crippen LogP contribution in [-0.2, 0) is 4.74 Å². The van der Waals surface area contributed by atoms with Crippen molar-refractivity contribution in [1.82, 2.24) is 0 Å². The summed E-state index contributed by atoms with van der Waals surface area (Å²) < 4.78 is 44.5. The summed E-state index contributed by atoms with van der Waals surface area (Å²) in [5.74, 6) is -0.533. The van der Waals surface area contributed by atoms with Crippen molar-refractivity contribution in [3.8, 4) is 0 Å². The van der Waals surface area contributed by atoms with Gasteiger partial charge in [-0.3, -0.25) is 0 Å². The summed E-state index contributed by atoms with van der Waals surface area (Å²) in [7, 11) is 0. The average molecular weight is 159 g/mol. The van der Waals surface area contributed by atoms with Gasteiger partial charge in [-0.15, -0.1) is 0 Å². The zero-order chi connectivity index (χ0) is 12.4. The minimum Gasteiger partial charge on any atom is -0.369 e. The molecule has 0 radical (unpaired) electrons. The fourth-order valence-electron chi connectivity index (χ4n) is 2.12. The first kappa shape index (κ1) is 3.78. The minimum absolute atomic E-state index is 0.302. The van der Waals surface area contributed by atoms with Crippen molar-refractivity contribution in [2.75, 3.05) is 0 Å². The van der Waals surface area contributed by atoms with Crippen LogP contribution in [0.5, 0.6) is 0 Å². The normalized spacial score (nSPS) is 68.9. The molecule has 0 N–H and O–H groups in total. The van der Waals surface area contributed by atoms with Gasteiger partial charge >= 0.3 is 0 Å². The van der Waals surface area contributed by atoms with E-state index in [0.717, 1.165) is 6.42 Å². The third-order valence-corrected chi connectivity index (χ3v) is 2.81. The van der Waals surface area contributed by atoms with Gasteiger partial charge in [0, 0.05) is 6.85 Å². The van der Waals surface area contributed by atoms with Crippen molar-refractivity contribution in [3.05, 3.63) is 0 Å². The molecule has 1 saturated carbocycles. The number of hydrogen-bond donors (Lipinski definition) is 0. The molecule has 3 aliphatic rings. The van der Waals surface area contributed by atoms with Crippen LogP contribution in [-0.4, -0.2) is 11.2 Å². The lowest BCUT2D eigenvalue weighted by atomic mass is 9.69.